The van der Waals surface area contributed by atoms with E-state index in [4.69, 9.17) is 19.0 Å². The average molecular weight is 205 g/mol. The van der Waals surface area contributed by atoms with E-state index in [0.29, 0.717) is 13.2 Å². The van der Waals surface area contributed by atoms with Gasteiger partial charge in [-0.25, -0.2) is 0 Å². The van der Waals surface area contributed by atoms with Crippen molar-refractivity contribution in [2.75, 3.05) is 27.4 Å². The first-order valence-electron chi connectivity index (χ1n) is 4.30. The van der Waals surface area contributed by atoms with Gasteiger partial charge in [-0.3, -0.25) is 0 Å². The highest BCUT2D eigenvalue weighted by molar-refractivity contribution is 6.60. The topological polar surface area (TPSA) is 53.7 Å². The van der Waals surface area contributed by atoms with E-state index < -0.39 is 8.80 Å². The van der Waals surface area contributed by atoms with Gasteiger partial charge in [-0.1, -0.05) is 6.08 Å². The highest BCUT2D eigenvalue weighted by atomic mass is 28.4. The number of hydrogen-bond donors (Lipinski definition) is 1. The fourth-order valence-corrected chi connectivity index (χ4v) is 2.95. The molecule has 0 fully saturated rings. The lowest BCUT2D eigenvalue weighted by Crippen LogP contribution is -2.44. The molecule has 0 aromatic carbocycles. The van der Waals surface area contributed by atoms with E-state index in [0.717, 1.165) is 12.5 Å². The van der Waals surface area contributed by atoms with Crippen molar-refractivity contribution in [3.05, 3.63) is 12.7 Å². The summed E-state index contributed by atoms with van der Waals surface area (Å²) in [6, 6.07) is 0.754. The van der Waals surface area contributed by atoms with Gasteiger partial charge in [0.2, 0.25) is 0 Å². The minimum atomic E-state index is -2.44. The second-order valence-corrected chi connectivity index (χ2v) is 5.55. The Labute approximate surface area is 81.0 Å². The van der Waals surface area contributed by atoms with Crippen molar-refractivity contribution >= 4 is 8.80 Å². The molecule has 5 heteroatoms. The van der Waals surface area contributed by atoms with Gasteiger partial charge in [-0.15, -0.1) is 6.58 Å². The molecule has 2 N–H and O–H groups in total. The average Bonchev–Trinajstić information content (AvgIpc) is 2.20. The van der Waals surface area contributed by atoms with Gasteiger partial charge in [-0.05, 0) is 13.0 Å². The molecule has 0 amide bonds. The lowest BCUT2D eigenvalue weighted by atomic mass is 10.5. The second kappa shape index (κ2) is 7.22. The highest BCUT2D eigenvalue weighted by Gasteiger charge is 2.37. The summed E-state index contributed by atoms with van der Waals surface area (Å²) >= 11 is 0. The van der Waals surface area contributed by atoms with Crippen LogP contribution in [-0.2, 0) is 13.3 Å². The first kappa shape index (κ1) is 12.8. The van der Waals surface area contributed by atoms with E-state index in [1.165, 1.54) is 0 Å². The van der Waals surface area contributed by atoms with Crippen molar-refractivity contribution in [1.82, 2.24) is 0 Å². The van der Waals surface area contributed by atoms with Gasteiger partial charge >= 0.3 is 8.80 Å². The monoisotopic (exact) mass is 205 g/mol. The Morgan fingerprint density at radius 3 is 2.38 bits per heavy atom. The van der Waals surface area contributed by atoms with Crippen LogP contribution in [0.25, 0.3) is 0 Å². The van der Waals surface area contributed by atoms with Crippen molar-refractivity contribution in [2.45, 2.75) is 12.5 Å². The van der Waals surface area contributed by atoms with Crippen molar-refractivity contribution in [2.24, 2.45) is 5.73 Å². The summed E-state index contributed by atoms with van der Waals surface area (Å²) in [5, 5.41) is 0. The van der Waals surface area contributed by atoms with Gasteiger partial charge in [0.15, 0.2) is 0 Å². The smallest absolute Gasteiger partial charge is 0.377 e. The van der Waals surface area contributed by atoms with Crippen LogP contribution in [0.2, 0.25) is 6.04 Å². The van der Waals surface area contributed by atoms with E-state index in [1.54, 1.807) is 20.3 Å². The van der Waals surface area contributed by atoms with Crippen LogP contribution in [0.4, 0.5) is 0 Å². The first-order chi connectivity index (χ1) is 6.24. The van der Waals surface area contributed by atoms with Crippen LogP contribution in [0.3, 0.4) is 0 Å². The van der Waals surface area contributed by atoms with Crippen molar-refractivity contribution in [1.29, 1.82) is 0 Å². The Morgan fingerprint density at radius 2 is 2.00 bits per heavy atom. The lowest BCUT2D eigenvalue weighted by Gasteiger charge is -2.25. The third-order valence-electron chi connectivity index (χ3n) is 1.73. The van der Waals surface area contributed by atoms with Gasteiger partial charge in [-0.2, -0.15) is 0 Å². The van der Waals surface area contributed by atoms with Gasteiger partial charge in [0.25, 0.3) is 0 Å². The van der Waals surface area contributed by atoms with Gasteiger partial charge < -0.3 is 19.0 Å². The Morgan fingerprint density at radius 1 is 1.38 bits per heavy atom. The molecule has 0 saturated heterocycles. The maximum atomic E-state index is 5.50. The normalized spacial score (nSPS) is 11.6. The zero-order chi connectivity index (χ0) is 10.2. The highest BCUT2D eigenvalue weighted by Crippen LogP contribution is 2.15. The number of rotatable bonds is 8. The van der Waals surface area contributed by atoms with Crippen molar-refractivity contribution in [3.8, 4) is 0 Å². The molecule has 0 saturated carbocycles. The van der Waals surface area contributed by atoms with Crippen molar-refractivity contribution in [3.63, 3.8) is 0 Å². The molecule has 0 unspecified atom stereocenters. The largest absolute Gasteiger partial charge is 0.500 e. The van der Waals surface area contributed by atoms with Crippen LogP contribution >= 0.6 is 0 Å². The molecule has 0 spiro atoms. The third-order valence-corrected chi connectivity index (χ3v) is 4.55. The fourth-order valence-electron chi connectivity index (χ4n) is 0.982. The second-order valence-electron chi connectivity index (χ2n) is 2.58. The summed E-state index contributed by atoms with van der Waals surface area (Å²) in [6.07, 6.45) is 2.54. The van der Waals surface area contributed by atoms with Crippen LogP contribution in [0.1, 0.15) is 6.42 Å². The predicted molar refractivity (Wildman–Crippen MR) is 54.4 cm³/mol. The minimum Gasteiger partial charge on any atom is -0.377 e. The molecule has 0 rings (SSSR count). The van der Waals surface area contributed by atoms with Crippen LogP contribution in [0.15, 0.2) is 12.7 Å². The van der Waals surface area contributed by atoms with Crippen LogP contribution in [0.5, 0.6) is 0 Å². The van der Waals surface area contributed by atoms with E-state index in [9.17, 15) is 0 Å². The van der Waals surface area contributed by atoms with Gasteiger partial charge in [0.05, 0.1) is 6.61 Å². The number of nitrogens with two attached hydrogens (primary N) is 1. The SMILES string of the molecule is C=CCO[Si](CCCN)(OC)OC. The summed E-state index contributed by atoms with van der Waals surface area (Å²) in [5.74, 6) is 0. The molecule has 0 aliphatic rings. The molecular formula is C8H19NO3Si. The number of hydrogen-bond acceptors (Lipinski definition) is 4. The molecule has 0 radical (unpaired) electrons. The standard InChI is InChI=1S/C8H19NO3Si/c1-4-7-12-13(10-2,11-3)8-5-6-9/h4H,1,5-9H2,2-3H3. The van der Waals surface area contributed by atoms with Gasteiger partial charge in [0.1, 0.15) is 0 Å². The molecule has 0 aromatic heterocycles. The Bertz CT molecular complexity index is 139. The summed E-state index contributed by atoms with van der Waals surface area (Å²) in [7, 11) is 0.776. The summed E-state index contributed by atoms with van der Waals surface area (Å²) < 4.78 is 16.1. The molecule has 4 nitrogen and oxygen atoms in total. The van der Waals surface area contributed by atoms with Gasteiger partial charge in [0, 0.05) is 20.3 Å². The first-order valence-corrected chi connectivity index (χ1v) is 6.23. The van der Waals surface area contributed by atoms with E-state index in [2.05, 4.69) is 6.58 Å². The van der Waals surface area contributed by atoms with Crippen LogP contribution in [-0.4, -0.2) is 36.2 Å². The molecule has 0 heterocycles. The minimum absolute atomic E-state index is 0.457. The van der Waals surface area contributed by atoms with E-state index in [1.807, 2.05) is 0 Å². The summed E-state index contributed by atoms with van der Waals surface area (Å²) in [4.78, 5) is 0. The lowest BCUT2D eigenvalue weighted by molar-refractivity contribution is 0.109. The molecule has 0 aromatic rings. The Hall–Kier alpha value is -0.203. The van der Waals surface area contributed by atoms with E-state index in [-0.39, 0.29) is 0 Å². The maximum absolute atomic E-state index is 5.50. The van der Waals surface area contributed by atoms with Crippen LogP contribution < -0.4 is 5.73 Å². The van der Waals surface area contributed by atoms with Crippen LogP contribution in [0, 0.1) is 0 Å². The van der Waals surface area contributed by atoms with E-state index >= 15 is 0 Å². The molecule has 0 aliphatic carbocycles. The molecule has 0 atom stereocenters. The molecule has 0 bridgehead atoms. The fraction of sp³-hybridized carbons (Fsp3) is 0.750. The zero-order valence-corrected chi connectivity index (χ0v) is 9.41. The molecule has 78 valence electrons. The summed E-state index contributed by atoms with van der Waals surface area (Å²) in [5.41, 5.74) is 5.41. The zero-order valence-electron chi connectivity index (χ0n) is 8.41. The third kappa shape index (κ3) is 4.54. The maximum Gasteiger partial charge on any atom is 0.500 e. The Balaban J connectivity index is 4.04. The summed E-state index contributed by atoms with van der Waals surface area (Å²) in [6.45, 7) is 4.65. The molecular weight excluding hydrogens is 186 g/mol. The quantitative estimate of drug-likeness (QED) is 0.470. The Kier molecular flexibility index (Phi) is 7.11. The van der Waals surface area contributed by atoms with Crippen molar-refractivity contribution < 1.29 is 13.3 Å². The molecule has 13 heavy (non-hydrogen) atoms. The molecule has 0 aliphatic heterocycles. The predicted octanol–water partition coefficient (Wildman–Crippen LogP) is 0.769.